The van der Waals surface area contributed by atoms with Crippen molar-refractivity contribution in [2.75, 3.05) is 13.2 Å². The van der Waals surface area contributed by atoms with Crippen LogP contribution in [0, 0.1) is 0 Å². The zero-order valence-electron chi connectivity index (χ0n) is 18.5. The number of hydrogen-bond donors (Lipinski definition) is 2. The summed E-state index contributed by atoms with van der Waals surface area (Å²) in [5.74, 6) is 1.00. The van der Waals surface area contributed by atoms with Crippen LogP contribution in [0.5, 0.6) is 5.75 Å². The third kappa shape index (κ3) is 4.33. The number of carbonyl (C=O) groups is 1. The van der Waals surface area contributed by atoms with E-state index in [2.05, 4.69) is 21.2 Å². The van der Waals surface area contributed by atoms with Gasteiger partial charge in [-0.25, -0.2) is 4.99 Å². The number of benzene rings is 3. The lowest BCUT2D eigenvalue weighted by atomic mass is 9.82. The summed E-state index contributed by atoms with van der Waals surface area (Å²) in [6.45, 7) is 0.985. The predicted octanol–water partition coefficient (Wildman–Crippen LogP) is 4.34. The zero-order chi connectivity index (χ0) is 23.5. The lowest BCUT2D eigenvalue weighted by Crippen LogP contribution is -2.47. The van der Waals surface area contributed by atoms with Gasteiger partial charge in [-0.1, -0.05) is 52.3 Å². The van der Waals surface area contributed by atoms with Crippen LogP contribution in [0.15, 0.2) is 82.3 Å². The van der Waals surface area contributed by atoms with E-state index in [9.17, 15) is 4.79 Å². The van der Waals surface area contributed by atoms with Gasteiger partial charge in [-0.15, -0.1) is 0 Å². The standard InChI is InChI=1S/C27H25BrN2O4/c28-21-10-6-18(7-11-21)16-27-24(23-5-2-1-4-20(23)17-29-26(27)32)34-25(30-27)19-8-12-22(13-9-19)33-15-3-14-31/h1-2,4-13,24,31H,3,14-17H2,(H,29,32)/t24-,27-/m1/s1. The van der Waals surface area contributed by atoms with Crippen molar-refractivity contribution in [2.45, 2.75) is 31.0 Å². The van der Waals surface area contributed by atoms with E-state index in [1.807, 2.05) is 72.8 Å². The first-order chi connectivity index (χ1) is 16.6. The van der Waals surface area contributed by atoms with Gasteiger partial charge in [-0.05, 0) is 47.5 Å². The van der Waals surface area contributed by atoms with Gasteiger partial charge >= 0.3 is 0 Å². The highest BCUT2D eigenvalue weighted by atomic mass is 79.9. The summed E-state index contributed by atoms with van der Waals surface area (Å²) in [5.41, 5.74) is 2.67. The highest BCUT2D eigenvalue weighted by Crippen LogP contribution is 2.44. The van der Waals surface area contributed by atoms with Gasteiger partial charge in [0.05, 0.1) is 6.61 Å². The number of amides is 1. The minimum Gasteiger partial charge on any atom is -0.494 e. The van der Waals surface area contributed by atoms with Crippen molar-refractivity contribution in [1.82, 2.24) is 5.32 Å². The van der Waals surface area contributed by atoms with Crippen molar-refractivity contribution in [3.05, 3.63) is 99.5 Å². The van der Waals surface area contributed by atoms with Crippen molar-refractivity contribution >= 4 is 27.7 Å². The summed E-state index contributed by atoms with van der Waals surface area (Å²) in [6, 6.07) is 23.4. The molecule has 2 aliphatic rings. The molecule has 2 N–H and O–H groups in total. The SMILES string of the molecule is O=C1NCc2ccccc2[C@H]2OC(c3ccc(OCCCO)cc3)=N[C@@]12Cc1ccc(Br)cc1. The molecule has 2 heterocycles. The highest BCUT2D eigenvalue weighted by molar-refractivity contribution is 9.10. The van der Waals surface area contributed by atoms with E-state index in [1.165, 1.54) is 0 Å². The normalized spacial score (nSPS) is 20.9. The van der Waals surface area contributed by atoms with Crippen LogP contribution in [0.1, 0.15) is 34.8 Å². The first-order valence-corrected chi connectivity index (χ1v) is 12.1. The highest BCUT2D eigenvalue weighted by Gasteiger charge is 2.54. The molecule has 0 aliphatic carbocycles. The van der Waals surface area contributed by atoms with E-state index in [1.54, 1.807) is 0 Å². The molecular weight excluding hydrogens is 496 g/mol. The van der Waals surface area contributed by atoms with Crippen LogP contribution in [0.4, 0.5) is 0 Å². The third-order valence-electron chi connectivity index (χ3n) is 6.19. The van der Waals surface area contributed by atoms with E-state index in [0.717, 1.165) is 26.7 Å². The van der Waals surface area contributed by atoms with Crippen LogP contribution in [0.3, 0.4) is 0 Å². The number of hydrogen-bond acceptors (Lipinski definition) is 5. The monoisotopic (exact) mass is 520 g/mol. The van der Waals surface area contributed by atoms with Gasteiger partial charge in [0.2, 0.25) is 5.90 Å². The number of fused-ring (bicyclic) bond motifs is 3. The average molecular weight is 521 g/mol. The number of aliphatic imine (C=N–C) groups is 1. The fourth-order valence-corrected chi connectivity index (χ4v) is 4.72. The van der Waals surface area contributed by atoms with E-state index in [-0.39, 0.29) is 12.5 Å². The van der Waals surface area contributed by atoms with Gasteiger partial charge in [0.15, 0.2) is 11.6 Å². The second-order valence-electron chi connectivity index (χ2n) is 8.47. The molecule has 3 aromatic carbocycles. The van der Waals surface area contributed by atoms with Crippen LogP contribution in [0.25, 0.3) is 0 Å². The number of nitrogens with one attached hydrogen (secondary N) is 1. The van der Waals surface area contributed by atoms with Crippen molar-refractivity contribution in [1.29, 1.82) is 0 Å². The van der Waals surface area contributed by atoms with E-state index >= 15 is 0 Å². The first kappa shape index (κ1) is 22.6. The Labute approximate surface area is 206 Å². The Morgan fingerprint density at radius 1 is 1.09 bits per heavy atom. The van der Waals surface area contributed by atoms with Gasteiger partial charge < -0.3 is 19.9 Å². The second kappa shape index (κ2) is 9.60. The minimum absolute atomic E-state index is 0.0914. The van der Waals surface area contributed by atoms with Gasteiger partial charge in [-0.3, -0.25) is 4.79 Å². The molecule has 0 aromatic heterocycles. The number of rotatable bonds is 7. The van der Waals surface area contributed by atoms with Crippen molar-refractivity contribution < 1.29 is 19.4 Å². The molecule has 0 fully saturated rings. The van der Waals surface area contributed by atoms with Crippen molar-refractivity contribution in [2.24, 2.45) is 4.99 Å². The van der Waals surface area contributed by atoms with Gasteiger partial charge in [0, 0.05) is 41.6 Å². The maximum Gasteiger partial charge on any atom is 0.252 e. The molecule has 2 atom stereocenters. The number of aliphatic hydroxyl groups is 1. The van der Waals surface area contributed by atoms with Gasteiger partial charge in [-0.2, -0.15) is 0 Å². The van der Waals surface area contributed by atoms with E-state index < -0.39 is 11.6 Å². The molecule has 7 heteroatoms. The molecule has 2 aliphatic heterocycles. The molecule has 3 aromatic rings. The zero-order valence-corrected chi connectivity index (χ0v) is 20.1. The van der Waals surface area contributed by atoms with Crippen LogP contribution >= 0.6 is 15.9 Å². The maximum absolute atomic E-state index is 13.6. The second-order valence-corrected chi connectivity index (χ2v) is 9.39. The number of aliphatic hydroxyl groups excluding tert-OH is 1. The van der Waals surface area contributed by atoms with Crippen LogP contribution in [-0.2, 0) is 22.5 Å². The molecule has 0 unspecified atom stereocenters. The summed E-state index contributed by atoms with van der Waals surface area (Å²) in [5, 5.41) is 12.0. The summed E-state index contributed by atoms with van der Waals surface area (Å²) < 4.78 is 13.1. The average Bonchev–Trinajstić information content (AvgIpc) is 3.20. The largest absolute Gasteiger partial charge is 0.494 e. The molecule has 1 amide bonds. The Morgan fingerprint density at radius 2 is 1.85 bits per heavy atom. The van der Waals surface area contributed by atoms with E-state index in [0.29, 0.717) is 37.6 Å². The predicted molar refractivity (Wildman–Crippen MR) is 133 cm³/mol. The Morgan fingerprint density at radius 3 is 2.62 bits per heavy atom. The molecule has 0 bridgehead atoms. The summed E-state index contributed by atoms with van der Waals surface area (Å²) >= 11 is 3.48. The Hall–Kier alpha value is -3.16. The Kier molecular flexibility index (Phi) is 6.39. The fraction of sp³-hybridized carbons (Fsp3) is 0.259. The molecule has 174 valence electrons. The topological polar surface area (TPSA) is 80.2 Å². The number of nitrogens with zero attached hydrogens (tertiary/aromatic N) is 1. The van der Waals surface area contributed by atoms with Gasteiger partial charge in [0.25, 0.3) is 5.91 Å². The number of halogens is 1. The first-order valence-electron chi connectivity index (χ1n) is 11.3. The third-order valence-corrected chi connectivity index (χ3v) is 6.72. The Balaban J connectivity index is 1.53. The lowest BCUT2D eigenvalue weighted by molar-refractivity contribution is -0.128. The lowest BCUT2D eigenvalue weighted by Gasteiger charge is -2.28. The smallest absolute Gasteiger partial charge is 0.252 e. The van der Waals surface area contributed by atoms with Crippen molar-refractivity contribution in [3.8, 4) is 5.75 Å². The van der Waals surface area contributed by atoms with Crippen LogP contribution in [-0.4, -0.2) is 35.7 Å². The van der Waals surface area contributed by atoms with E-state index in [4.69, 9.17) is 19.6 Å². The molecule has 0 radical (unpaired) electrons. The maximum atomic E-state index is 13.6. The molecular formula is C27H25BrN2O4. The summed E-state index contributed by atoms with van der Waals surface area (Å²) in [7, 11) is 0. The molecule has 34 heavy (non-hydrogen) atoms. The van der Waals surface area contributed by atoms with Crippen LogP contribution in [0.2, 0.25) is 0 Å². The molecule has 0 saturated carbocycles. The van der Waals surface area contributed by atoms with Gasteiger partial charge in [0.1, 0.15) is 5.75 Å². The number of ether oxygens (including phenoxy) is 2. The Bertz CT molecular complexity index is 1210. The molecule has 6 nitrogen and oxygen atoms in total. The summed E-state index contributed by atoms with van der Waals surface area (Å²) in [6.07, 6.45) is 0.453. The minimum atomic E-state index is -1.12. The molecule has 0 saturated heterocycles. The molecule has 5 rings (SSSR count). The summed E-state index contributed by atoms with van der Waals surface area (Å²) in [4.78, 5) is 18.6. The van der Waals surface area contributed by atoms with Crippen molar-refractivity contribution in [3.63, 3.8) is 0 Å². The quantitative estimate of drug-likeness (QED) is 0.454. The molecule has 0 spiro atoms. The van der Waals surface area contributed by atoms with Crippen LogP contribution < -0.4 is 10.1 Å². The fourth-order valence-electron chi connectivity index (χ4n) is 4.45. The number of carbonyl (C=O) groups excluding carboxylic acids is 1.